The van der Waals surface area contributed by atoms with Gasteiger partial charge in [-0.2, -0.15) is 4.31 Å². The second-order valence-corrected chi connectivity index (χ2v) is 13.0. The maximum absolute atomic E-state index is 13.4. The van der Waals surface area contributed by atoms with Crippen molar-refractivity contribution in [3.8, 4) is 5.75 Å². The molecule has 2 aromatic carbocycles. The minimum absolute atomic E-state index is 0.0142. The number of carbonyl (C=O) groups is 1. The Morgan fingerprint density at radius 2 is 1.97 bits per heavy atom. The Balaban J connectivity index is 1.43. The summed E-state index contributed by atoms with van der Waals surface area (Å²) in [6, 6.07) is 10.5. The zero-order valence-electron chi connectivity index (χ0n) is 21.4. The summed E-state index contributed by atoms with van der Waals surface area (Å²) < 4.78 is 34.2. The van der Waals surface area contributed by atoms with Gasteiger partial charge in [0.1, 0.15) is 5.75 Å². The topological polar surface area (TPSA) is 87.7 Å². The van der Waals surface area contributed by atoms with Crippen LogP contribution in [0.25, 0.3) is 0 Å². The molecule has 2 N–H and O–H groups in total. The Morgan fingerprint density at radius 1 is 1.19 bits per heavy atom. The number of nitrogens with zero attached hydrogens (tertiary/aromatic N) is 1. The molecule has 0 spiro atoms. The predicted molar refractivity (Wildman–Crippen MR) is 142 cm³/mol. The lowest BCUT2D eigenvalue weighted by Crippen LogP contribution is -2.40. The molecule has 0 bridgehead atoms. The molecule has 9 heteroatoms. The normalized spacial score (nSPS) is 20.6. The van der Waals surface area contributed by atoms with Crippen LogP contribution in [0.15, 0.2) is 41.3 Å². The van der Waals surface area contributed by atoms with Gasteiger partial charge in [0.05, 0.1) is 17.5 Å². The van der Waals surface area contributed by atoms with Crippen LogP contribution in [0.3, 0.4) is 0 Å². The number of benzene rings is 2. The standard InChI is InChI=1S/C27H36ClN3O4S/c1-18-22(28)8-5-9-25(18)36(33,34)31-13-6-7-20(31)16-26(32)30-23-12-14-35-24-15-19(10-11-21(23)24)17-29-27(2,3)4/h5,8-11,15,20,23,29H,6-7,12-14,16-17H2,1-4H3,(H,30,32). The largest absolute Gasteiger partial charge is 0.493 e. The first-order valence-corrected chi connectivity index (χ1v) is 14.3. The molecule has 1 saturated heterocycles. The van der Waals surface area contributed by atoms with Crippen LogP contribution in [-0.2, 0) is 21.4 Å². The number of halogens is 1. The number of ether oxygens (including phenoxy) is 1. The number of hydrogen-bond acceptors (Lipinski definition) is 5. The third kappa shape index (κ3) is 6.05. The molecule has 0 saturated carbocycles. The summed E-state index contributed by atoms with van der Waals surface area (Å²) in [5.41, 5.74) is 2.63. The fourth-order valence-corrected chi connectivity index (χ4v) is 7.02. The molecule has 2 aliphatic heterocycles. The average molecular weight is 534 g/mol. The fourth-order valence-electron chi connectivity index (χ4n) is 4.85. The molecule has 196 valence electrons. The van der Waals surface area contributed by atoms with E-state index < -0.39 is 10.0 Å². The lowest BCUT2D eigenvalue weighted by atomic mass is 9.98. The first-order chi connectivity index (χ1) is 17.0. The van der Waals surface area contributed by atoms with Crippen LogP contribution in [0.4, 0.5) is 0 Å². The van der Waals surface area contributed by atoms with Crippen molar-refractivity contribution < 1.29 is 17.9 Å². The Bertz CT molecular complexity index is 1230. The van der Waals surface area contributed by atoms with E-state index >= 15 is 0 Å². The van der Waals surface area contributed by atoms with Crippen molar-refractivity contribution >= 4 is 27.5 Å². The summed E-state index contributed by atoms with van der Waals surface area (Å²) in [6.07, 6.45) is 2.18. The summed E-state index contributed by atoms with van der Waals surface area (Å²) in [5.74, 6) is 0.641. The van der Waals surface area contributed by atoms with E-state index in [-0.39, 0.29) is 34.8 Å². The van der Waals surface area contributed by atoms with Crippen LogP contribution in [0.1, 0.15) is 69.2 Å². The van der Waals surface area contributed by atoms with Gasteiger partial charge in [-0.25, -0.2) is 8.42 Å². The number of sulfonamides is 1. The fraction of sp³-hybridized carbons (Fsp3) is 0.519. The van der Waals surface area contributed by atoms with Crippen molar-refractivity contribution in [1.29, 1.82) is 0 Å². The minimum Gasteiger partial charge on any atom is -0.493 e. The second-order valence-electron chi connectivity index (χ2n) is 10.7. The summed E-state index contributed by atoms with van der Waals surface area (Å²) in [6.45, 7) is 9.74. The van der Waals surface area contributed by atoms with Crippen molar-refractivity contribution in [1.82, 2.24) is 14.9 Å². The minimum atomic E-state index is -3.75. The van der Waals surface area contributed by atoms with Gasteiger partial charge in [0, 0.05) is 48.1 Å². The quantitative estimate of drug-likeness (QED) is 0.537. The average Bonchev–Trinajstić information content (AvgIpc) is 3.28. The van der Waals surface area contributed by atoms with Crippen molar-refractivity contribution in [2.24, 2.45) is 0 Å². The molecule has 4 rings (SSSR count). The van der Waals surface area contributed by atoms with Gasteiger partial charge in [-0.1, -0.05) is 29.8 Å². The number of amides is 1. The van der Waals surface area contributed by atoms with Gasteiger partial charge in [-0.3, -0.25) is 4.79 Å². The maximum Gasteiger partial charge on any atom is 0.243 e. The van der Waals surface area contributed by atoms with E-state index in [4.69, 9.17) is 16.3 Å². The third-order valence-electron chi connectivity index (χ3n) is 6.82. The van der Waals surface area contributed by atoms with E-state index in [9.17, 15) is 13.2 Å². The van der Waals surface area contributed by atoms with Crippen molar-refractivity contribution in [3.05, 3.63) is 58.1 Å². The molecule has 2 unspecified atom stereocenters. The van der Waals surface area contributed by atoms with Crippen LogP contribution in [0.5, 0.6) is 5.75 Å². The monoisotopic (exact) mass is 533 g/mol. The first kappa shape index (κ1) is 26.9. The molecule has 0 aliphatic carbocycles. The Hall–Kier alpha value is -2.13. The van der Waals surface area contributed by atoms with Gasteiger partial charge >= 0.3 is 0 Å². The highest BCUT2D eigenvalue weighted by molar-refractivity contribution is 7.89. The third-order valence-corrected chi connectivity index (χ3v) is 9.33. The number of hydrogen-bond donors (Lipinski definition) is 2. The van der Waals surface area contributed by atoms with Crippen LogP contribution < -0.4 is 15.4 Å². The zero-order chi connectivity index (χ0) is 26.1. The maximum atomic E-state index is 13.4. The SMILES string of the molecule is Cc1c(Cl)cccc1S(=O)(=O)N1CCCC1CC(=O)NC1CCOc2cc(CNC(C)(C)C)ccc21. The molecule has 0 aromatic heterocycles. The van der Waals surface area contributed by atoms with Crippen molar-refractivity contribution in [2.75, 3.05) is 13.2 Å². The lowest BCUT2D eigenvalue weighted by Gasteiger charge is -2.29. The predicted octanol–water partition coefficient (Wildman–Crippen LogP) is 4.72. The molecule has 1 amide bonds. The smallest absolute Gasteiger partial charge is 0.243 e. The van der Waals surface area contributed by atoms with Crippen LogP contribution in [0.2, 0.25) is 5.02 Å². The highest BCUT2D eigenvalue weighted by Gasteiger charge is 2.37. The van der Waals surface area contributed by atoms with Crippen molar-refractivity contribution in [2.45, 2.75) is 82.4 Å². The Labute approximate surface area is 219 Å². The molecule has 2 aliphatic rings. The first-order valence-electron chi connectivity index (χ1n) is 12.5. The van der Waals surface area contributed by atoms with Gasteiger partial charge in [-0.05, 0) is 69.9 Å². The molecular formula is C27H36ClN3O4S. The molecule has 0 radical (unpaired) electrons. The number of carbonyl (C=O) groups excluding carboxylic acids is 1. The number of rotatable bonds is 7. The van der Waals surface area contributed by atoms with E-state index in [0.717, 1.165) is 29.8 Å². The summed E-state index contributed by atoms with van der Waals surface area (Å²) >= 11 is 6.18. The number of fused-ring (bicyclic) bond motifs is 1. The van der Waals surface area contributed by atoms with Gasteiger partial charge < -0.3 is 15.4 Å². The van der Waals surface area contributed by atoms with Gasteiger partial charge in [0.15, 0.2) is 0 Å². The second kappa shape index (κ2) is 10.7. The van der Waals surface area contributed by atoms with Crippen molar-refractivity contribution in [3.63, 3.8) is 0 Å². The van der Waals surface area contributed by atoms with E-state index in [1.54, 1.807) is 25.1 Å². The highest BCUT2D eigenvalue weighted by Crippen LogP contribution is 2.34. The lowest BCUT2D eigenvalue weighted by molar-refractivity contribution is -0.122. The van der Waals surface area contributed by atoms with E-state index in [1.807, 2.05) is 12.1 Å². The van der Waals surface area contributed by atoms with E-state index in [1.165, 1.54) is 4.31 Å². The van der Waals surface area contributed by atoms with Gasteiger partial charge in [0.2, 0.25) is 15.9 Å². The number of nitrogens with one attached hydrogen (secondary N) is 2. The zero-order valence-corrected chi connectivity index (χ0v) is 23.0. The molecule has 7 nitrogen and oxygen atoms in total. The van der Waals surface area contributed by atoms with E-state index in [2.05, 4.69) is 37.5 Å². The molecule has 2 heterocycles. The summed E-state index contributed by atoms with van der Waals surface area (Å²) in [4.78, 5) is 13.3. The highest BCUT2D eigenvalue weighted by atomic mass is 35.5. The van der Waals surface area contributed by atoms with E-state index in [0.29, 0.717) is 36.6 Å². The molecule has 1 fully saturated rings. The molecule has 2 aromatic rings. The van der Waals surface area contributed by atoms with Gasteiger partial charge in [0.25, 0.3) is 0 Å². The van der Waals surface area contributed by atoms with Crippen LogP contribution in [0, 0.1) is 6.92 Å². The van der Waals surface area contributed by atoms with Crippen LogP contribution >= 0.6 is 11.6 Å². The molecule has 2 atom stereocenters. The summed E-state index contributed by atoms with van der Waals surface area (Å²) in [7, 11) is -3.75. The Kier molecular flexibility index (Phi) is 8.00. The molecular weight excluding hydrogens is 498 g/mol. The van der Waals surface area contributed by atoms with Gasteiger partial charge in [-0.15, -0.1) is 0 Å². The molecule has 36 heavy (non-hydrogen) atoms. The Morgan fingerprint density at radius 3 is 2.72 bits per heavy atom. The van der Waals surface area contributed by atoms with Crippen LogP contribution in [-0.4, -0.2) is 43.4 Å². The summed E-state index contributed by atoms with van der Waals surface area (Å²) in [5, 5.41) is 7.03.